The van der Waals surface area contributed by atoms with Gasteiger partial charge in [0.05, 0.1) is 11.8 Å². The summed E-state index contributed by atoms with van der Waals surface area (Å²) in [6.45, 7) is 0. The van der Waals surface area contributed by atoms with Gasteiger partial charge in [0.25, 0.3) is 0 Å². The zero-order valence-corrected chi connectivity index (χ0v) is 12.4. The third kappa shape index (κ3) is 3.40. The van der Waals surface area contributed by atoms with Crippen LogP contribution in [0.15, 0.2) is 88.3 Å². The van der Waals surface area contributed by atoms with Crippen molar-refractivity contribution < 1.29 is 9.52 Å². The van der Waals surface area contributed by atoms with Gasteiger partial charge in [0.15, 0.2) is 0 Å². The van der Waals surface area contributed by atoms with Crippen molar-refractivity contribution in [3.63, 3.8) is 0 Å². The summed E-state index contributed by atoms with van der Waals surface area (Å²) in [6.07, 6.45) is 5.03. The smallest absolute Gasteiger partial charge is 0.343 e. The molecule has 3 rings (SSSR count). The van der Waals surface area contributed by atoms with E-state index in [2.05, 4.69) is 0 Å². The number of hydrogen-bond acceptors (Lipinski definition) is 3. The zero-order valence-electron chi connectivity index (χ0n) is 12.4. The fourth-order valence-electron chi connectivity index (χ4n) is 2.51. The van der Waals surface area contributed by atoms with E-state index in [-0.39, 0.29) is 17.2 Å². The minimum absolute atomic E-state index is 0.0622. The lowest BCUT2D eigenvalue weighted by molar-refractivity contribution is 0.434. The maximum Gasteiger partial charge on any atom is 0.343 e. The highest BCUT2D eigenvalue weighted by atomic mass is 16.4. The van der Waals surface area contributed by atoms with E-state index in [4.69, 9.17) is 4.42 Å². The quantitative estimate of drug-likeness (QED) is 0.786. The molecule has 114 valence electrons. The topological polar surface area (TPSA) is 50.4 Å². The van der Waals surface area contributed by atoms with Gasteiger partial charge >= 0.3 is 5.63 Å². The van der Waals surface area contributed by atoms with Crippen LogP contribution in [0, 0.1) is 0 Å². The molecule has 3 aromatic rings. The van der Waals surface area contributed by atoms with Gasteiger partial charge in [0.1, 0.15) is 5.75 Å². The Labute approximate surface area is 134 Å². The van der Waals surface area contributed by atoms with Crippen LogP contribution in [0.4, 0.5) is 0 Å². The molecule has 0 radical (unpaired) electrons. The van der Waals surface area contributed by atoms with Crippen molar-refractivity contribution in [2.24, 2.45) is 0 Å². The number of allylic oxidation sites excluding steroid dienone is 1. The molecule has 1 atom stereocenters. The first-order valence-corrected chi connectivity index (χ1v) is 7.34. The molecule has 0 bridgehead atoms. The monoisotopic (exact) mass is 304 g/mol. The van der Waals surface area contributed by atoms with Crippen LogP contribution in [-0.2, 0) is 0 Å². The summed E-state index contributed by atoms with van der Waals surface area (Å²) in [5.41, 5.74) is 1.64. The second kappa shape index (κ2) is 6.79. The molecule has 0 aliphatic carbocycles. The highest BCUT2D eigenvalue weighted by molar-refractivity contribution is 5.54. The van der Waals surface area contributed by atoms with E-state index in [9.17, 15) is 9.90 Å². The highest BCUT2D eigenvalue weighted by Crippen LogP contribution is 2.30. The molecular weight excluding hydrogens is 288 g/mol. The van der Waals surface area contributed by atoms with Crippen LogP contribution in [-0.4, -0.2) is 5.11 Å². The van der Waals surface area contributed by atoms with Crippen LogP contribution in [0.3, 0.4) is 0 Å². The molecule has 2 aromatic carbocycles. The van der Waals surface area contributed by atoms with E-state index in [1.165, 1.54) is 12.3 Å². The molecule has 0 aliphatic rings. The van der Waals surface area contributed by atoms with E-state index in [1.807, 2.05) is 72.8 Å². The van der Waals surface area contributed by atoms with E-state index in [0.717, 1.165) is 11.1 Å². The van der Waals surface area contributed by atoms with Crippen LogP contribution in [0.1, 0.15) is 22.6 Å². The number of benzene rings is 2. The average molecular weight is 304 g/mol. The van der Waals surface area contributed by atoms with Crippen LogP contribution in [0.25, 0.3) is 6.08 Å². The molecule has 23 heavy (non-hydrogen) atoms. The normalized spacial score (nSPS) is 12.3. The van der Waals surface area contributed by atoms with Crippen LogP contribution in [0.5, 0.6) is 5.75 Å². The Morgan fingerprint density at radius 1 is 0.913 bits per heavy atom. The van der Waals surface area contributed by atoms with Crippen molar-refractivity contribution in [3.05, 3.63) is 106 Å². The van der Waals surface area contributed by atoms with Gasteiger partial charge in [-0.1, -0.05) is 72.8 Å². The number of hydrogen-bond donors (Lipinski definition) is 1. The first-order valence-electron chi connectivity index (χ1n) is 7.34. The first kappa shape index (κ1) is 14.9. The largest absolute Gasteiger partial charge is 0.507 e. The van der Waals surface area contributed by atoms with Gasteiger partial charge in [0, 0.05) is 12.0 Å². The van der Waals surface area contributed by atoms with Crippen molar-refractivity contribution >= 4 is 6.08 Å². The van der Waals surface area contributed by atoms with Gasteiger partial charge in [-0.3, -0.25) is 0 Å². The van der Waals surface area contributed by atoms with E-state index in [1.54, 1.807) is 0 Å². The molecule has 3 nitrogen and oxygen atoms in total. The molecule has 0 amide bonds. The summed E-state index contributed by atoms with van der Waals surface area (Å²) in [7, 11) is 0. The predicted molar refractivity (Wildman–Crippen MR) is 90.4 cm³/mol. The summed E-state index contributed by atoms with van der Waals surface area (Å²) in [5.74, 6) is -0.443. The lowest BCUT2D eigenvalue weighted by Crippen LogP contribution is -2.12. The number of rotatable bonds is 4. The van der Waals surface area contributed by atoms with Crippen LogP contribution >= 0.6 is 0 Å². The van der Waals surface area contributed by atoms with Gasteiger partial charge in [0.2, 0.25) is 0 Å². The van der Waals surface area contributed by atoms with Gasteiger partial charge in [-0.05, 0) is 11.1 Å². The van der Waals surface area contributed by atoms with Crippen molar-refractivity contribution in [2.75, 3.05) is 0 Å². The summed E-state index contributed by atoms with van der Waals surface area (Å²) >= 11 is 0. The first-order chi connectivity index (χ1) is 11.3. The van der Waals surface area contributed by atoms with E-state index >= 15 is 0 Å². The average Bonchev–Trinajstić information content (AvgIpc) is 2.59. The second-order valence-corrected chi connectivity index (χ2v) is 5.17. The Hall–Kier alpha value is -3.07. The zero-order chi connectivity index (χ0) is 16.1. The third-order valence-electron chi connectivity index (χ3n) is 3.65. The molecule has 0 fully saturated rings. The summed E-state index contributed by atoms with van der Waals surface area (Å²) < 4.78 is 4.94. The lowest BCUT2D eigenvalue weighted by Gasteiger charge is -2.13. The molecule has 1 unspecified atom stereocenters. The standard InChI is InChI=1S/C20H16O3/c21-18-13-14-23-20(22)19(18)17(16-9-5-2-6-10-16)12-11-15-7-3-1-4-8-15/h1-14,17,21H/b12-11+. The fourth-order valence-corrected chi connectivity index (χ4v) is 2.51. The van der Waals surface area contributed by atoms with Gasteiger partial charge in [-0.2, -0.15) is 0 Å². The molecule has 1 heterocycles. The maximum atomic E-state index is 12.1. The Morgan fingerprint density at radius 3 is 2.22 bits per heavy atom. The van der Waals surface area contributed by atoms with Crippen LogP contribution in [0.2, 0.25) is 0 Å². The Bertz CT molecular complexity index is 849. The van der Waals surface area contributed by atoms with Crippen LogP contribution < -0.4 is 5.63 Å². The molecule has 0 aliphatic heterocycles. The molecule has 3 heteroatoms. The summed E-state index contributed by atoms with van der Waals surface area (Å²) in [5, 5.41) is 10.1. The number of aromatic hydroxyl groups is 1. The SMILES string of the molecule is O=c1occc(O)c1C(/C=C/c1ccccc1)c1ccccc1. The Morgan fingerprint density at radius 2 is 1.57 bits per heavy atom. The van der Waals surface area contributed by atoms with E-state index < -0.39 is 5.63 Å². The summed E-state index contributed by atoms with van der Waals surface area (Å²) in [4.78, 5) is 12.1. The minimum Gasteiger partial charge on any atom is -0.507 e. The molecule has 0 saturated carbocycles. The highest BCUT2D eigenvalue weighted by Gasteiger charge is 2.19. The fraction of sp³-hybridized carbons (Fsp3) is 0.0500. The second-order valence-electron chi connectivity index (χ2n) is 5.17. The molecular formula is C20H16O3. The van der Waals surface area contributed by atoms with Crippen molar-refractivity contribution in [2.45, 2.75) is 5.92 Å². The van der Waals surface area contributed by atoms with E-state index in [0.29, 0.717) is 0 Å². The Balaban J connectivity index is 2.08. The maximum absolute atomic E-state index is 12.1. The molecule has 0 saturated heterocycles. The summed E-state index contributed by atoms with van der Waals surface area (Å²) in [6, 6.07) is 20.8. The minimum atomic E-state index is -0.531. The van der Waals surface area contributed by atoms with Crippen molar-refractivity contribution in [3.8, 4) is 5.75 Å². The Kier molecular flexibility index (Phi) is 4.39. The third-order valence-corrected chi connectivity index (χ3v) is 3.65. The molecule has 1 N–H and O–H groups in total. The van der Waals surface area contributed by atoms with Crippen molar-refractivity contribution in [1.82, 2.24) is 0 Å². The molecule has 1 aromatic heterocycles. The van der Waals surface area contributed by atoms with Gasteiger partial charge in [-0.15, -0.1) is 0 Å². The lowest BCUT2D eigenvalue weighted by atomic mass is 9.91. The molecule has 0 spiro atoms. The predicted octanol–water partition coefficient (Wildman–Crippen LogP) is 4.19. The van der Waals surface area contributed by atoms with Crippen molar-refractivity contribution in [1.29, 1.82) is 0 Å². The van der Waals surface area contributed by atoms with Gasteiger partial charge < -0.3 is 9.52 Å². The van der Waals surface area contributed by atoms with Gasteiger partial charge in [-0.25, -0.2) is 4.79 Å².